The Labute approximate surface area is 78.5 Å². The molecular weight excluding hydrogens is 166 g/mol. The van der Waals surface area contributed by atoms with Gasteiger partial charge in [0.2, 0.25) is 0 Å². The van der Waals surface area contributed by atoms with Crippen LogP contribution in [0.15, 0.2) is 6.20 Å². The molecular formula is C8H17N5. The lowest BCUT2D eigenvalue weighted by molar-refractivity contribution is 0.378. The van der Waals surface area contributed by atoms with Gasteiger partial charge < -0.3 is 10.6 Å². The Morgan fingerprint density at radius 1 is 1.62 bits per heavy atom. The Kier molecular flexibility index (Phi) is 3.39. The monoisotopic (exact) mass is 183 g/mol. The number of hydrogen-bond acceptors (Lipinski definition) is 4. The van der Waals surface area contributed by atoms with Gasteiger partial charge in [0.15, 0.2) is 0 Å². The fourth-order valence-corrected chi connectivity index (χ4v) is 1.18. The van der Waals surface area contributed by atoms with Crippen molar-refractivity contribution in [2.24, 2.45) is 12.8 Å². The summed E-state index contributed by atoms with van der Waals surface area (Å²) < 4.78 is 1.72. The third-order valence-electron chi connectivity index (χ3n) is 2.02. The van der Waals surface area contributed by atoms with E-state index in [0.717, 1.165) is 18.7 Å². The average Bonchev–Trinajstić information content (AvgIpc) is 2.47. The Balaban J connectivity index is 2.49. The van der Waals surface area contributed by atoms with Crippen molar-refractivity contribution in [3.05, 3.63) is 11.9 Å². The van der Waals surface area contributed by atoms with Crippen LogP contribution in [0.4, 0.5) is 0 Å². The highest BCUT2D eigenvalue weighted by Gasteiger charge is 2.10. The van der Waals surface area contributed by atoms with E-state index in [2.05, 4.69) is 15.2 Å². The van der Waals surface area contributed by atoms with E-state index in [1.807, 2.05) is 21.1 Å². The first kappa shape index (κ1) is 10.1. The van der Waals surface area contributed by atoms with Crippen LogP contribution in [0.25, 0.3) is 0 Å². The molecule has 74 valence electrons. The van der Waals surface area contributed by atoms with Gasteiger partial charge in [0.05, 0.1) is 11.9 Å². The maximum absolute atomic E-state index is 5.96. The van der Waals surface area contributed by atoms with Crippen molar-refractivity contribution in [2.45, 2.75) is 12.5 Å². The molecule has 13 heavy (non-hydrogen) atoms. The second-order valence-corrected chi connectivity index (χ2v) is 3.48. The van der Waals surface area contributed by atoms with Gasteiger partial charge in [0, 0.05) is 13.1 Å². The zero-order valence-corrected chi connectivity index (χ0v) is 8.44. The average molecular weight is 183 g/mol. The molecule has 1 heterocycles. The summed E-state index contributed by atoms with van der Waals surface area (Å²) in [6.07, 6.45) is 2.65. The van der Waals surface area contributed by atoms with Crippen LogP contribution < -0.4 is 5.73 Å². The van der Waals surface area contributed by atoms with Crippen molar-refractivity contribution in [1.82, 2.24) is 19.9 Å². The normalized spacial score (nSPS) is 13.6. The summed E-state index contributed by atoms with van der Waals surface area (Å²) in [4.78, 5) is 2.11. The number of nitrogens with two attached hydrogens (primary N) is 1. The second kappa shape index (κ2) is 4.34. The topological polar surface area (TPSA) is 60.0 Å². The Morgan fingerprint density at radius 3 is 2.77 bits per heavy atom. The van der Waals surface area contributed by atoms with Crippen molar-refractivity contribution in [2.75, 3.05) is 20.6 Å². The molecule has 0 spiro atoms. The fourth-order valence-electron chi connectivity index (χ4n) is 1.18. The Hall–Kier alpha value is -0.940. The molecule has 0 aliphatic carbocycles. The first-order valence-electron chi connectivity index (χ1n) is 4.36. The number of aromatic nitrogens is 3. The molecule has 0 bridgehead atoms. The van der Waals surface area contributed by atoms with Crippen LogP contribution >= 0.6 is 0 Å². The van der Waals surface area contributed by atoms with Crippen molar-refractivity contribution in [3.8, 4) is 0 Å². The molecule has 5 nitrogen and oxygen atoms in total. The molecule has 0 amide bonds. The maximum Gasteiger partial charge on any atom is 0.0751 e. The second-order valence-electron chi connectivity index (χ2n) is 3.48. The minimum absolute atomic E-state index is 0.0300. The van der Waals surface area contributed by atoms with E-state index in [1.165, 1.54) is 0 Å². The van der Waals surface area contributed by atoms with Gasteiger partial charge in [-0.3, -0.25) is 4.68 Å². The molecule has 1 aromatic rings. The Morgan fingerprint density at radius 2 is 2.31 bits per heavy atom. The molecule has 1 aromatic heterocycles. The highest BCUT2D eigenvalue weighted by atomic mass is 15.4. The summed E-state index contributed by atoms with van der Waals surface area (Å²) in [6.45, 7) is 0.979. The van der Waals surface area contributed by atoms with Gasteiger partial charge in [-0.25, -0.2) is 0 Å². The molecule has 1 unspecified atom stereocenters. The van der Waals surface area contributed by atoms with Gasteiger partial charge in [0.1, 0.15) is 0 Å². The fraction of sp³-hybridized carbons (Fsp3) is 0.750. The van der Waals surface area contributed by atoms with E-state index in [0.29, 0.717) is 0 Å². The van der Waals surface area contributed by atoms with Crippen LogP contribution in [0.3, 0.4) is 0 Å². The Bertz CT molecular complexity index is 255. The zero-order valence-electron chi connectivity index (χ0n) is 8.44. The molecule has 0 saturated carbocycles. The molecule has 0 fully saturated rings. The van der Waals surface area contributed by atoms with Crippen molar-refractivity contribution >= 4 is 0 Å². The van der Waals surface area contributed by atoms with Gasteiger partial charge in [-0.2, -0.15) is 0 Å². The molecule has 5 heteroatoms. The summed E-state index contributed by atoms with van der Waals surface area (Å²) in [5.74, 6) is 0. The van der Waals surface area contributed by atoms with E-state index >= 15 is 0 Å². The smallest absolute Gasteiger partial charge is 0.0751 e. The molecule has 0 aliphatic heterocycles. The summed E-state index contributed by atoms with van der Waals surface area (Å²) in [7, 11) is 5.93. The zero-order chi connectivity index (χ0) is 9.84. The molecule has 0 aliphatic rings. The van der Waals surface area contributed by atoms with Gasteiger partial charge in [-0.05, 0) is 27.1 Å². The van der Waals surface area contributed by atoms with Crippen LogP contribution in [0.5, 0.6) is 0 Å². The molecule has 0 saturated heterocycles. The summed E-state index contributed by atoms with van der Waals surface area (Å²) in [5.41, 5.74) is 6.95. The maximum atomic E-state index is 5.96. The van der Waals surface area contributed by atoms with E-state index in [4.69, 9.17) is 5.73 Å². The lowest BCUT2D eigenvalue weighted by Gasteiger charge is -2.14. The largest absolute Gasteiger partial charge is 0.323 e. The number of nitrogens with zero attached hydrogens (tertiary/aromatic N) is 4. The van der Waals surface area contributed by atoms with Crippen LogP contribution in [0.1, 0.15) is 18.2 Å². The molecule has 1 atom stereocenters. The summed E-state index contributed by atoms with van der Waals surface area (Å²) in [5, 5.41) is 7.63. The predicted octanol–water partition coefficient (Wildman–Crippen LogP) is -0.233. The first-order valence-corrected chi connectivity index (χ1v) is 4.36. The number of aryl methyl sites for hydroxylation is 1. The molecule has 2 N–H and O–H groups in total. The molecule has 0 aromatic carbocycles. The SMILES string of the molecule is CN(C)CCC(N)c1cnnn1C. The third-order valence-corrected chi connectivity index (χ3v) is 2.02. The van der Waals surface area contributed by atoms with E-state index in [9.17, 15) is 0 Å². The summed E-state index contributed by atoms with van der Waals surface area (Å²) >= 11 is 0. The number of rotatable bonds is 4. The van der Waals surface area contributed by atoms with Crippen LogP contribution in [-0.2, 0) is 7.05 Å². The van der Waals surface area contributed by atoms with Gasteiger partial charge in [-0.15, -0.1) is 5.10 Å². The summed E-state index contributed by atoms with van der Waals surface area (Å²) in [6, 6.07) is 0.0300. The minimum Gasteiger partial charge on any atom is -0.323 e. The lowest BCUT2D eigenvalue weighted by Crippen LogP contribution is -2.21. The van der Waals surface area contributed by atoms with E-state index < -0.39 is 0 Å². The molecule has 1 rings (SSSR count). The van der Waals surface area contributed by atoms with Crippen molar-refractivity contribution in [3.63, 3.8) is 0 Å². The lowest BCUT2D eigenvalue weighted by atomic mass is 10.1. The standard InChI is InChI=1S/C8H17N5/c1-12(2)5-4-7(9)8-6-10-11-13(8)3/h6-7H,4-5,9H2,1-3H3. The molecule has 0 radical (unpaired) electrons. The van der Waals surface area contributed by atoms with Crippen LogP contribution in [-0.4, -0.2) is 40.5 Å². The van der Waals surface area contributed by atoms with Gasteiger partial charge in [-0.1, -0.05) is 5.21 Å². The quantitative estimate of drug-likeness (QED) is 0.700. The van der Waals surface area contributed by atoms with Crippen LogP contribution in [0, 0.1) is 0 Å². The van der Waals surface area contributed by atoms with E-state index in [-0.39, 0.29) is 6.04 Å². The van der Waals surface area contributed by atoms with Crippen LogP contribution in [0.2, 0.25) is 0 Å². The van der Waals surface area contributed by atoms with Crippen molar-refractivity contribution in [1.29, 1.82) is 0 Å². The van der Waals surface area contributed by atoms with Crippen molar-refractivity contribution < 1.29 is 0 Å². The third kappa shape index (κ3) is 2.78. The minimum atomic E-state index is 0.0300. The highest BCUT2D eigenvalue weighted by molar-refractivity contribution is 5.00. The van der Waals surface area contributed by atoms with Gasteiger partial charge in [0.25, 0.3) is 0 Å². The highest BCUT2D eigenvalue weighted by Crippen LogP contribution is 2.10. The first-order chi connectivity index (χ1) is 6.11. The van der Waals surface area contributed by atoms with Gasteiger partial charge >= 0.3 is 0 Å². The van der Waals surface area contributed by atoms with E-state index in [1.54, 1.807) is 10.9 Å². The predicted molar refractivity (Wildman–Crippen MR) is 51.1 cm³/mol. The number of hydrogen-bond donors (Lipinski definition) is 1.